The minimum Gasteiger partial charge on any atom is -0.316 e. The lowest BCUT2D eigenvalue weighted by Crippen LogP contribution is -2.41. The van der Waals surface area contributed by atoms with E-state index in [2.05, 4.69) is 33.0 Å². The third-order valence-corrected chi connectivity index (χ3v) is 4.54. The van der Waals surface area contributed by atoms with Gasteiger partial charge in [-0.2, -0.15) is 0 Å². The summed E-state index contributed by atoms with van der Waals surface area (Å²) in [6, 6.07) is 0. The van der Waals surface area contributed by atoms with Gasteiger partial charge in [-0.3, -0.25) is 0 Å². The van der Waals surface area contributed by atoms with Gasteiger partial charge in [0.1, 0.15) is 0 Å². The minimum atomic E-state index is 0.613. The Morgan fingerprint density at radius 3 is 2.19 bits per heavy atom. The summed E-state index contributed by atoms with van der Waals surface area (Å²) < 4.78 is 0. The molecule has 16 heavy (non-hydrogen) atoms. The van der Waals surface area contributed by atoms with Crippen LogP contribution in [0.1, 0.15) is 66.2 Å². The first kappa shape index (κ1) is 14.0. The summed E-state index contributed by atoms with van der Waals surface area (Å²) in [5.74, 6) is 1.66. The molecule has 1 saturated carbocycles. The highest BCUT2D eigenvalue weighted by molar-refractivity contribution is 4.88. The van der Waals surface area contributed by atoms with E-state index in [9.17, 15) is 0 Å². The van der Waals surface area contributed by atoms with Crippen LogP contribution in [0, 0.1) is 17.3 Å². The first-order valence-corrected chi connectivity index (χ1v) is 7.31. The molecule has 0 amide bonds. The van der Waals surface area contributed by atoms with E-state index < -0.39 is 0 Å². The molecular weight excluding hydrogens is 194 g/mol. The molecule has 1 unspecified atom stereocenters. The molecule has 0 heterocycles. The van der Waals surface area contributed by atoms with Crippen LogP contribution in [0.5, 0.6) is 0 Å². The minimum absolute atomic E-state index is 0.613. The van der Waals surface area contributed by atoms with Gasteiger partial charge in [0.25, 0.3) is 0 Å². The van der Waals surface area contributed by atoms with Gasteiger partial charge in [0.05, 0.1) is 0 Å². The van der Waals surface area contributed by atoms with Crippen molar-refractivity contribution in [1.82, 2.24) is 5.32 Å². The Kier molecular flexibility index (Phi) is 5.82. The highest BCUT2D eigenvalue weighted by atomic mass is 14.9. The lowest BCUT2D eigenvalue weighted by Gasteiger charge is -2.42. The Morgan fingerprint density at radius 1 is 1.06 bits per heavy atom. The van der Waals surface area contributed by atoms with Crippen molar-refractivity contribution in [1.29, 1.82) is 0 Å². The second-order valence-electron chi connectivity index (χ2n) is 6.26. The maximum Gasteiger partial charge on any atom is 0.00105 e. The van der Waals surface area contributed by atoms with Gasteiger partial charge in [-0.15, -0.1) is 0 Å². The van der Waals surface area contributed by atoms with Crippen LogP contribution in [0.25, 0.3) is 0 Å². The van der Waals surface area contributed by atoms with Crippen molar-refractivity contribution in [2.24, 2.45) is 17.3 Å². The fourth-order valence-corrected chi connectivity index (χ4v) is 3.14. The first-order valence-electron chi connectivity index (χ1n) is 7.31. The predicted molar refractivity (Wildman–Crippen MR) is 72.7 cm³/mol. The van der Waals surface area contributed by atoms with Gasteiger partial charge in [-0.05, 0) is 36.6 Å². The predicted octanol–water partition coefficient (Wildman–Crippen LogP) is 4.23. The molecule has 1 aliphatic carbocycles. The Balaban J connectivity index is 2.49. The Labute approximate surface area is 102 Å². The summed E-state index contributed by atoms with van der Waals surface area (Å²) in [6.07, 6.45) is 8.60. The van der Waals surface area contributed by atoms with E-state index in [1.54, 1.807) is 0 Å². The fourth-order valence-electron chi connectivity index (χ4n) is 3.14. The molecule has 1 aliphatic rings. The van der Waals surface area contributed by atoms with Crippen molar-refractivity contribution in [3.63, 3.8) is 0 Å². The molecule has 96 valence electrons. The van der Waals surface area contributed by atoms with Crippen molar-refractivity contribution in [3.05, 3.63) is 0 Å². The third kappa shape index (κ3) is 3.76. The monoisotopic (exact) mass is 225 g/mol. The van der Waals surface area contributed by atoms with Crippen LogP contribution in [0.15, 0.2) is 0 Å². The molecule has 1 nitrogen and oxygen atoms in total. The Hall–Kier alpha value is -0.0400. The van der Waals surface area contributed by atoms with Crippen molar-refractivity contribution in [3.8, 4) is 0 Å². The van der Waals surface area contributed by atoms with Crippen molar-refractivity contribution in [2.45, 2.75) is 66.2 Å². The van der Waals surface area contributed by atoms with Gasteiger partial charge in [-0.1, -0.05) is 53.4 Å². The standard InChI is InChI=1S/C15H31N/c1-5-14(4)15(9-7-6-8-10-15)12-16-11-13(2)3/h13-14,16H,5-12H2,1-4H3. The van der Waals surface area contributed by atoms with Gasteiger partial charge in [0.2, 0.25) is 0 Å². The molecule has 0 saturated heterocycles. The molecule has 0 bridgehead atoms. The quantitative estimate of drug-likeness (QED) is 0.713. The van der Waals surface area contributed by atoms with E-state index in [0.29, 0.717) is 5.41 Å². The largest absolute Gasteiger partial charge is 0.316 e. The topological polar surface area (TPSA) is 12.0 Å². The van der Waals surface area contributed by atoms with E-state index in [4.69, 9.17) is 0 Å². The van der Waals surface area contributed by atoms with Crippen molar-refractivity contribution in [2.75, 3.05) is 13.1 Å². The van der Waals surface area contributed by atoms with Crippen LogP contribution in [0.4, 0.5) is 0 Å². The van der Waals surface area contributed by atoms with Gasteiger partial charge < -0.3 is 5.32 Å². The summed E-state index contributed by atoms with van der Waals surface area (Å²) >= 11 is 0. The van der Waals surface area contributed by atoms with Crippen LogP contribution in [-0.2, 0) is 0 Å². The van der Waals surface area contributed by atoms with E-state index in [1.165, 1.54) is 51.6 Å². The summed E-state index contributed by atoms with van der Waals surface area (Å²) in [5.41, 5.74) is 0.613. The molecule has 0 aliphatic heterocycles. The third-order valence-electron chi connectivity index (χ3n) is 4.54. The molecule has 1 N–H and O–H groups in total. The van der Waals surface area contributed by atoms with Crippen LogP contribution in [0.2, 0.25) is 0 Å². The molecular formula is C15H31N. The van der Waals surface area contributed by atoms with Gasteiger partial charge in [0.15, 0.2) is 0 Å². The van der Waals surface area contributed by atoms with E-state index in [1.807, 2.05) is 0 Å². The maximum atomic E-state index is 3.71. The molecule has 1 heteroatoms. The molecule has 1 atom stereocenters. The zero-order chi connectivity index (χ0) is 12.0. The average Bonchev–Trinajstić information content (AvgIpc) is 2.28. The number of hydrogen-bond acceptors (Lipinski definition) is 1. The SMILES string of the molecule is CCC(C)C1(CNCC(C)C)CCCCC1. The summed E-state index contributed by atoms with van der Waals surface area (Å²) in [6.45, 7) is 11.8. The molecule has 0 aromatic rings. The van der Waals surface area contributed by atoms with Crippen LogP contribution in [-0.4, -0.2) is 13.1 Å². The molecule has 0 radical (unpaired) electrons. The second kappa shape index (κ2) is 6.64. The van der Waals surface area contributed by atoms with E-state index >= 15 is 0 Å². The molecule has 0 aromatic carbocycles. The zero-order valence-electron chi connectivity index (χ0n) is 11.8. The van der Waals surface area contributed by atoms with Gasteiger partial charge in [-0.25, -0.2) is 0 Å². The number of hydrogen-bond donors (Lipinski definition) is 1. The zero-order valence-corrected chi connectivity index (χ0v) is 11.8. The average molecular weight is 225 g/mol. The lowest BCUT2D eigenvalue weighted by atomic mass is 9.65. The highest BCUT2D eigenvalue weighted by Gasteiger charge is 2.35. The lowest BCUT2D eigenvalue weighted by molar-refractivity contribution is 0.101. The summed E-state index contributed by atoms with van der Waals surface area (Å²) in [5, 5.41) is 3.71. The molecule has 0 aromatic heterocycles. The second-order valence-corrected chi connectivity index (χ2v) is 6.26. The van der Waals surface area contributed by atoms with Crippen molar-refractivity contribution >= 4 is 0 Å². The highest BCUT2D eigenvalue weighted by Crippen LogP contribution is 2.43. The Bertz CT molecular complexity index is 180. The normalized spacial score (nSPS) is 22.3. The fraction of sp³-hybridized carbons (Fsp3) is 1.00. The maximum absolute atomic E-state index is 3.71. The van der Waals surface area contributed by atoms with E-state index in [-0.39, 0.29) is 0 Å². The molecule has 1 fully saturated rings. The molecule has 1 rings (SSSR count). The van der Waals surface area contributed by atoms with E-state index in [0.717, 1.165) is 11.8 Å². The smallest absolute Gasteiger partial charge is 0.00105 e. The van der Waals surface area contributed by atoms with Crippen LogP contribution < -0.4 is 5.32 Å². The van der Waals surface area contributed by atoms with Crippen LogP contribution >= 0.6 is 0 Å². The van der Waals surface area contributed by atoms with Crippen molar-refractivity contribution < 1.29 is 0 Å². The summed E-state index contributed by atoms with van der Waals surface area (Å²) in [4.78, 5) is 0. The molecule has 0 spiro atoms. The van der Waals surface area contributed by atoms with Crippen LogP contribution in [0.3, 0.4) is 0 Å². The van der Waals surface area contributed by atoms with Gasteiger partial charge in [0, 0.05) is 6.54 Å². The number of rotatable bonds is 6. The Morgan fingerprint density at radius 2 is 1.69 bits per heavy atom. The summed E-state index contributed by atoms with van der Waals surface area (Å²) in [7, 11) is 0. The number of nitrogens with one attached hydrogen (secondary N) is 1. The van der Waals surface area contributed by atoms with Gasteiger partial charge >= 0.3 is 0 Å². The first-order chi connectivity index (χ1) is 7.60.